The molecule has 5 nitrogen and oxygen atoms in total. The topological polar surface area (TPSA) is 69.6 Å². The van der Waals surface area contributed by atoms with Crippen LogP contribution in [-0.4, -0.2) is 53.6 Å². The zero-order chi connectivity index (χ0) is 16.5. The van der Waals surface area contributed by atoms with E-state index in [2.05, 4.69) is 11.6 Å². The van der Waals surface area contributed by atoms with Gasteiger partial charge >= 0.3 is 12.0 Å². The molecule has 21 heavy (non-hydrogen) atoms. The zero-order valence-electron chi connectivity index (χ0n) is 13.9. The molecule has 0 saturated heterocycles. The molecule has 0 aromatic carbocycles. The Morgan fingerprint density at radius 2 is 1.95 bits per heavy atom. The third kappa shape index (κ3) is 9.61. The van der Waals surface area contributed by atoms with Crippen molar-refractivity contribution in [3.63, 3.8) is 0 Å². The van der Waals surface area contributed by atoms with Crippen molar-refractivity contribution in [3.05, 3.63) is 0 Å². The van der Waals surface area contributed by atoms with Gasteiger partial charge in [0.1, 0.15) is 0 Å². The summed E-state index contributed by atoms with van der Waals surface area (Å²) in [4.78, 5) is 24.4. The van der Waals surface area contributed by atoms with Crippen molar-refractivity contribution in [2.24, 2.45) is 5.41 Å². The van der Waals surface area contributed by atoms with Gasteiger partial charge in [0.05, 0.1) is 0 Å². The molecule has 0 aromatic rings. The van der Waals surface area contributed by atoms with Crippen LogP contribution in [0.3, 0.4) is 0 Å². The standard InChI is InChI=1S/C15H30N2O3S/c1-12(7-11-21-5)17(4)14(20)16-10-9-15(2,3)8-6-13(18)19/h12H,6-11H2,1-5H3,(H,16,20)(H,18,19). The molecule has 0 saturated carbocycles. The van der Waals surface area contributed by atoms with Gasteiger partial charge in [-0.3, -0.25) is 4.79 Å². The fourth-order valence-electron chi connectivity index (χ4n) is 1.89. The molecular formula is C15H30N2O3S. The van der Waals surface area contributed by atoms with Crippen molar-refractivity contribution in [2.75, 3.05) is 25.6 Å². The van der Waals surface area contributed by atoms with E-state index in [9.17, 15) is 9.59 Å². The van der Waals surface area contributed by atoms with Crippen molar-refractivity contribution in [1.29, 1.82) is 0 Å². The van der Waals surface area contributed by atoms with Crippen LogP contribution in [0.25, 0.3) is 0 Å². The Labute approximate surface area is 132 Å². The highest BCUT2D eigenvalue weighted by Crippen LogP contribution is 2.26. The van der Waals surface area contributed by atoms with Gasteiger partial charge in [0, 0.05) is 26.1 Å². The highest BCUT2D eigenvalue weighted by atomic mass is 32.2. The van der Waals surface area contributed by atoms with Gasteiger partial charge in [-0.25, -0.2) is 4.79 Å². The summed E-state index contributed by atoms with van der Waals surface area (Å²) in [5.41, 5.74) is -0.0747. The monoisotopic (exact) mass is 318 g/mol. The Hall–Kier alpha value is -0.910. The van der Waals surface area contributed by atoms with Crippen LogP contribution in [0.5, 0.6) is 0 Å². The number of carboxylic acids is 1. The van der Waals surface area contributed by atoms with Gasteiger partial charge in [-0.2, -0.15) is 11.8 Å². The normalized spacial score (nSPS) is 12.8. The minimum Gasteiger partial charge on any atom is -0.481 e. The molecule has 0 aliphatic rings. The molecule has 1 atom stereocenters. The van der Waals surface area contributed by atoms with E-state index in [1.54, 1.807) is 16.7 Å². The molecule has 0 aromatic heterocycles. The van der Waals surface area contributed by atoms with E-state index >= 15 is 0 Å². The maximum atomic E-state index is 12.0. The summed E-state index contributed by atoms with van der Waals surface area (Å²) < 4.78 is 0. The van der Waals surface area contributed by atoms with Gasteiger partial charge in [0.15, 0.2) is 0 Å². The molecule has 0 aliphatic carbocycles. The minimum atomic E-state index is -0.769. The number of rotatable bonds is 10. The lowest BCUT2D eigenvalue weighted by Crippen LogP contribution is -2.43. The van der Waals surface area contributed by atoms with Crippen molar-refractivity contribution in [3.8, 4) is 0 Å². The van der Waals surface area contributed by atoms with Crippen molar-refractivity contribution in [1.82, 2.24) is 10.2 Å². The molecule has 6 heteroatoms. The second-order valence-corrected chi connectivity index (χ2v) is 7.27. The Morgan fingerprint density at radius 1 is 1.33 bits per heavy atom. The molecule has 0 radical (unpaired) electrons. The predicted molar refractivity (Wildman–Crippen MR) is 88.9 cm³/mol. The van der Waals surface area contributed by atoms with E-state index < -0.39 is 5.97 Å². The number of hydrogen-bond donors (Lipinski definition) is 2. The number of amides is 2. The molecule has 0 rings (SSSR count). The first-order valence-electron chi connectivity index (χ1n) is 7.41. The number of urea groups is 1. The minimum absolute atomic E-state index is 0.0577. The van der Waals surface area contributed by atoms with E-state index in [0.29, 0.717) is 13.0 Å². The zero-order valence-corrected chi connectivity index (χ0v) is 14.8. The second-order valence-electron chi connectivity index (χ2n) is 6.28. The third-order valence-corrected chi connectivity index (χ3v) is 4.46. The smallest absolute Gasteiger partial charge is 0.317 e. The number of thioether (sulfide) groups is 1. The van der Waals surface area contributed by atoms with Crippen LogP contribution in [0, 0.1) is 5.41 Å². The number of aliphatic carboxylic acids is 1. The van der Waals surface area contributed by atoms with Crippen LogP contribution in [0.4, 0.5) is 4.79 Å². The first kappa shape index (κ1) is 20.1. The molecular weight excluding hydrogens is 288 g/mol. The summed E-state index contributed by atoms with van der Waals surface area (Å²) in [5, 5.41) is 11.6. The van der Waals surface area contributed by atoms with Gasteiger partial charge < -0.3 is 15.3 Å². The first-order valence-corrected chi connectivity index (χ1v) is 8.80. The summed E-state index contributed by atoms with van der Waals surface area (Å²) in [6.45, 7) is 6.69. The molecule has 0 spiro atoms. The third-order valence-electron chi connectivity index (χ3n) is 3.81. The molecule has 124 valence electrons. The maximum absolute atomic E-state index is 12.0. The van der Waals surface area contributed by atoms with Crippen LogP contribution >= 0.6 is 11.8 Å². The van der Waals surface area contributed by atoms with Crippen molar-refractivity contribution in [2.45, 2.75) is 52.5 Å². The Morgan fingerprint density at radius 3 is 2.48 bits per heavy atom. The molecule has 0 fully saturated rings. The largest absolute Gasteiger partial charge is 0.481 e. The lowest BCUT2D eigenvalue weighted by atomic mass is 9.84. The molecule has 2 N–H and O–H groups in total. The summed E-state index contributed by atoms with van der Waals surface area (Å²) in [6.07, 6.45) is 4.62. The number of nitrogens with zero attached hydrogens (tertiary/aromatic N) is 1. The number of carbonyl (C=O) groups excluding carboxylic acids is 1. The van der Waals surface area contributed by atoms with E-state index in [-0.39, 0.29) is 23.9 Å². The number of carbonyl (C=O) groups is 2. The summed E-state index contributed by atoms with van der Waals surface area (Å²) in [7, 11) is 1.82. The highest BCUT2D eigenvalue weighted by molar-refractivity contribution is 7.98. The second kappa shape index (κ2) is 9.92. The van der Waals surface area contributed by atoms with E-state index in [1.807, 2.05) is 27.8 Å². The average Bonchev–Trinajstić information content (AvgIpc) is 2.41. The van der Waals surface area contributed by atoms with Crippen LogP contribution in [0.2, 0.25) is 0 Å². The van der Waals surface area contributed by atoms with Gasteiger partial charge in [-0.1, -0.05) is 13.8 Å². The lowest BCUT2D eigenvalue weighted by molar-refractivity contribution is -0.137. The Balaban J connectivity index is 4.04. The first-order chi connectivity index (χ1) is 9.69. The molecule has 1 unspecified atom stereocenters. The maximum Gasteiger partial charge on any atom is 0.317 e. The van der Waals surface area contributed by atoms with Crippen LogP contribution in [0.1, 0.15) is 46.5 Å². The van der Waals surface area contributed by atoms with Gasteiger partial charge in [-0.05, 0) is 43.6 Å². The number of carboxylic acid groups (broad SMARTS) is 1. The number of nitrogens with one attached hydrogen (secondary N) is 1. The van der Waals surface area contributed by atoms with Crippen LogP contribution < -0.4 is 5.32 Å². The van der Waals surface area contributed by atoms with Crippen LogP contribution in [-0.2, 0) is 4.79 Å². The predicted octanol–water partition coefficient (Wildman–Crippen LogP) is 3.05. The quantitative estimate of drug-likeness (QED) is 0.649. The summed E-state index contributed by atoms with van der Waals surface area (Å²) in [6, 6.07) is 0.162. The molecule has 0 aliphatic heterocycles. The average molecular weight is 318 g/mol. The van der Waals surface area contributed by atoms with Crippen molar-refractivity contribution < 1.29 is 14.7 Å². The van der Waals surface area contributed by atoms with Gasteiger partial charge in [-0.15, -0.1) is 0 Å². The number of hydrogen-bond acceptors (Lipinski definition) is 3. The molecule has 0 heterocycles. The fourth-order valence-corrected chi connectivity index (χ4v) is 2.46. The highest BCUT2D eigenvalue weighted by Gasteiger charge is 2.20. The van der Waals surface area contributed by atoms with Gasteiger partial charge in [0.25, 0.3) is 0 Å². The SMILES string of the molecule is CSCCC(C)N(C)C(=O)NCCC(C)(C)CCC(=O)O. The summed E-state index contributed by atoms with van der Waals surface area (Å²) >= 11 is 1.78. The molecule has 2 amide bonds. The fraction of sp³-hybridized carbons (Fsp3) is 0.867. The lowest BCUT2D eigenvalue weighted by Gasteiger charge is -2.27. The van der Waals surface area contributed by atoms with E-state index in [1.165, 1.54) is 0 Å². The summed E-state index contributed by atoms with van der Waals surface area (Å²) in [5.74, 6) is 0.274. The Kier molecular flexibility index (Phi) is 9.49. The van der Waals surface area contributed by atoms with Crippen LogP contribution in [0.15, 0.2) is 0 Å². The van der Waals surface area contributed by atoms with E-state index in [0.717, 1.165) is 18.6 Å². The van der Waals surface area contributed by atoms with E-state index in [4.69, 9.17) is 5.11 Å². The molecule has 0 bridgehead atoms. The Bertz CT molecular complexity index is 335. The van der Waals surface area contributed by atoms with Gasteiger partial charge in [0.2, 0.25) is 0 Å². The van der Waals surface area contributed by atoms with Crippen molar-refractivity contribution >= 4 is 23.8 Å².